The van der Waals surface area contributed by atoms with Crippen molar-refractivity contribution in [2.24, 2.45) is 5.73 Å². The van der Waals surface area contributed by atoms with Crippen molar-refractivity contribution in [2.45, 2.75) is 24.9 Å². The Balaban J connectivity index is 2.62. The quantitative estimate of drug-likeness (QED) is 0.773. The Bertz CT molecular complexity index is 291. The fraction of sp³-hybridized carbons (Fsp3) is 0.538. The summed E-state index contributed by atoms with van der Waals surface area (Å²) in [4.78, 5) is 0. The van der Waals surface area contributed by atoms with E-state index < -0.39 is 5.67 Å². The molecule has 0 bridgehead atoms. The van der Waals surface area contributed by atoms with Crippen LogP contribution in [0.1, 0.15) is 18.4 Å². The second-order valence-electron chi connectivity index (χ2n) is 4.14. The predicted molar refractivity (Wildman–Crippen MR) is 64.1 cm³/mol. The van der Waals surface area contributed by atoms with E-state index in [1.54, 1.807) is 0 Å². The molecule has 16 heavy (non-hydrogen) atoms. The molecule has 2 N–H and O–H groups in total. The Kier molecular flexibility index (Phi) is 5.43. The van der Waals surface area contributed by atoms with Gasteiger partial charge in [-0.3, -0.25) is 0 Å². The van der Waals surface area contributed by atoms with Crippen LogP contribution in [-0.2, 0) is 11.2 Å². The summed E-state index contributed by atoms with van der Waals surface area (Å²) in [5.74, 6) is 0. The predicted octanol–water partition coefficient (Wildman–Crippen LogP) is 2.32. The van der Waals surface area contributed by atoms with Gasteiger partial charge in [0.25, 0.3) is 0 Å². The van der Waals surface area contributed by atoms with Gasteiger partial charge in [0, 0.05) is 13.5 Å². The van der Waals surface area contributed by atoms with Gasteiger partial charge in [-0.2, -0.15) is 0 Å². The molecule has 0 radical (unpaired) electrons. The van der Waals surface area contributed by atoms with Gasteiger partial charge in [-0.15, -0.1) is 0 Å². The van der Waals surface area contributed by atoms with Crippen LogP contribution in [-0.4, -0.2) is 25.9 Å². The Morgan fingerprint density at radius 3 is 2.56 bits per heavy atom. The molecule has 90 valence electrons. The number of ether oxygens (including phenoxy) is 1. The summed E-state index contributed by atoms with van der Waals surface area (Å²) >= 11 is 0. The van der Waals surface area contributed by atoms with Gasteiger partial charge < -0.3 is 10.5 Å². The highest BCUT2D eigenvalue weighted by Crippen LogP contribution is 2.24. The van der Waals surface area contributed by atoms with Crippen molar-refractivity contribution < 1.29 is 9.13 Å². The van der Waals surface area contributed by atoms with Gasteiger partial charge in [0.15, 0.2) is 0 Å². The monoisotopic (exact) mass is 225 g/mol. The number of halogens is 1. The summed E-state index contributed by atoms with van der Waals surface area (Å²) in [6.45, 7) is 0.645. The summed E-state index contributed by atoms with van der Waals surface area (Å²) in [6.07, 6.45) is 1.53. The second-order valence-corrected chi connectivity index (χ2v) is 4.14. The maximum absolute atomic E-state index is 14.5. The standard InChI is InChI=1S/C13H20FNO/c1-16-11-13(14,8-5-9-15)10-12-6-3-2-4-7-12/h2-4,6-7H,5,8-11,15H2,1H3. The van der Waals surface area contributed by atoms with E-state index in [1.165, 1.54) is 7.11 Å². The molecule has 3 heteroatoms. The largest absolute Gasteiger partial charge is 0.381 e. The molecule has 1 aromatic carbocycles. The van der Waals surface area contributed by atoms with Crippen LogP contribution in [0.2, 0.25) is 0 Å². The maximum Gasteiger partial charge on any atom is 0.138 e. The number of nitrogens with two attached hydrogens (primary N) is 1. The van der Waals surface area contributed by atoms with E-state index in [0.717, 1.165) is 5.56 Å². The summed E-state index contributed by atoms with van der Waals surface area (Å²) in [6, 6.07) is 9.65. The van der Waals surface area contributed by atoms with Crippen LogP contribution >= 0.6 is 0 Å². The SMILES string of the molecule is COCC(F)(CCCN)Cc1ccccc1. The molecule has 1 aromatic rings. The molecule has 0 aliphatic heterocycles. The smallest absolute Gasteiger partial charge is 0.138 e. The number of benzene rings is 1. The molecule has 1 rings (SSSR count). The lowest BCUT2D eigenvalue weighted by Crippen LogP contribution is -2.32. The van der Waals surface area contributed by atoms with Crippen molar-refractivity contribution in [3.63, 3.8) is 0 Å². The molecule has 0 saturated carbocycles. The lowest BCUT2D eigenvalue weighted by molar-refractivity contribution is 0.0334. The number of hydrogen-bond acceptors (Lipinski definition) is 2. The van der Waals surface area contributed by atoms with Crippen LogP contribution in [0, 0.1) is 0 Å². The molecule has 2 nitrogen and oxygen atoms in total. The van der Waals surface area contributed by atoms with Gasteiger partial charge in [-0.05, 0) is 24.9 Å². The Morgan fingerprint density at radius 1 is 1.31 bits per heavy atom. The molecular formula is C13H20FNO. The maximum atomic E-state index is 14.5. The van der Waals surface area contributed by atoms with Crippen molar-refractivity contribution in [2.75, 3.05) is 20.3 Å². The normalized spacial score (nSPS) is 14.7. The van der Waals surface area contributed by atoms with Gasteiger partial charge in [0.05, 0.1) is 6.61 Å². The fourth-order valence-electron chi connectivity index (χ4n) is 1.85. The third-order valence-electron chi connectivity index (χ3n) is 2.60. The molecular weight excluding hydrogens is 205 g/mol. The van der Waals surface area contributed by atoms with Gasteiger partial charge in [-0.1, -0.05) is 30.3 Å². The molecule has 0 spiro atoms. The number of hydrogen-bond donors (Lipinski definition) is 1. The average Bonchev–Trinajstić information content (AvgIpc) is 2.28. The van der Waals surface area contributed by atoms with E-state index in [9.17, 15) is 4.39 Å². The molecule has 0 saturated heterocycles. The van der Waals surface area contributed by atoms with Crippen LogP contribution in [0.15, 0.2) is 30.3 Å². The lowest BCUT2D eigenvalue weighted by Gasteiger charge is -2.24. The fourth-order valence-corrected chi connectivity index (χ4v) is 1.85. The molecule has 0 aliphatic rings. The number of methoxy groups -OCH3 is 1. The zero-order valence-electron chi connectivity index (χ0n) is 9.79. The van der Waals surface area contributed by atoms with Crippen molar-refractivity contribution in [3.8, 4) is 0 Å². The third-order valence-corrected chi connectivity index (χ3v) is 2.60. The minimum Gasteiger partial charge on any atom is -0.381 e. The first-order chi connectivity index (χ1) is 7.70. The summed E-state index contributed by atoms with van der Waals surface area (Å²) in [5, 5.41) is 0. The van der Waals surface area contributed by atoms with E-state index >= 15 is 0 Å². The van der Waals surface area contributed by atoms with Crippen LogP contribution in [0.25, 0.3) is 0 Å². The lowest BCUT2D eigenvalue weighted by atomic mass is 9.92. The Labute approximate surface area is 96.6 Å². The van der Waals surface area contributed by atoms with Gasteiger partial charge >= 0.3 is 0 Å². The van der Waals surface area contributed by atoms with Crippen molar-refractivity contribution in [1.29, 1.82) is 0 Å². The molecule has 1 unspecified atom stereocenters. The van der Waals surface area contributed by atoms with Crippen molar-refractivity contribution in [3.05, 3.63) is 35.9 Å². The van der Waals surface area contributed by atoms with E-state index in [-0.39, 0.29) is 6.61 Å². The van der Waals surface area contributed by atoms with Crippen molar-refractivity contribution >= 4 is 0 Å². The van der Waals surface area contributed by atoms with Crippen LogP contribution in [0.4, 0.5) is 4.39 Å². The van der Waals surface area contributed by atoms with E-state index in [2.05, 4.69) is 0 Å². The third kappa shape index (κ3) is 4.29. The molecule has 0 fully saturated rings. The minimum absolute atomic E-state index is 0.127. The highest BCUT2D eigenvalue weighted by atomic mass is 19.1. The highest BCUT2D eigenvalue weighted by Gasteiger charge is 2.29. The molecule has 0 amide bonds. The summed E-state index contributed by atoms with van der Waals surface area (Å²) in [5.41, 5.74) is 5.12. The van der Waals surface area contributed by atoms with Crippen molar-refractivity contribution in [1.82, 2.24) is 0 Å². The Morgan fingerprint density at radius 2 is 2.00 bits per heavy atom. The molecule has 0 heterocycles. The van der Waals surface area contributed by atoms with Gasteiger partial charge in [-0.25, -0.2) is 4.39 Å². The van der Waals surface area contributed by atoms with E-state index in [4.69, 9.17) is 10.5 Å². The number of alkyl halides is 1. The first-order valence-electron chi connectivity index (χ1n) is 5.62. The first kappa shape index (κ1) is 13.1. The van der Waals surface area contributed by atoms with E-state index in [1.807, 2.05) is 30.3 Å². The van der Waals surface area contributed by atoms with Crippen LogP contribution in [0.3, 0.4) is 0 Å². The second kappa shape index (κ2) is 6.61. The molecule has 0 aliphatic carbocycles. The average molecular weight is 225 g/mol. The zero-order chi connectivity index (χ0) is 11.9. The van der Waals surface area contributed by atoms with Crippen LogP contribution in [0.5, 0.6) is 0 Å². The van der Waals surface area contributed by atoms with Gasteiger partial charge in [0.2, 0.25) is 0 Å². The Hall–Kier alpha value is -0.930. The minimum atomic E-state index is -1.30. The van der Waals surface area contributed by atoms with E-state index in [0.29, 0.717) is 25.8 Å². The molecule has 0 aromatic heterocycles. The highest BCUT2D eigenvalue weighted by molar-refractivity contribution is 5.17. The first-order valence-corrected chi connectivity index (χ1v) is 5.62. The van der Waals surface area contributed by atoms with Gasteiger partial charge in [0.1, 0.15) is 5.67 Å². The summed E-state index contributed by atoms with van der Waals surface area (Å²) in [7, 11) is 1.53. The topological polar surface area (TPSA) is 35.2 Å². The number of rotatable bonds is 7. The van der Waals surface area contributed by atoms with Crippen LogP contribution < -0.4 is 5.73 Å². The summed E-state index contributed by atoms with van der Waals surface area (Å²) < 4.78 is 19.4. The molecule has 1 atom stereocenters. The zero-order valence-corrected chi connectivity index (χ0v) is 9.79.